The van der Waals surface area contributed by atoms with Crippen LogP contribution < -0.4 is 5.32 Å². The molecule has 376 valence electrons. The fourth-order valence-electron chi connectivity index (χ4n) is 9.40. The van der Waals surface area contributed by atoms with Crippen molar-refractivity contribution >= 4 is 5.91 Å². The molecule has 0 saturated carbocycles. The maximum atomic E-state index is 12.5. The monoisotopic (exact) mass is 890 g/mol. The lowest BCUT2D eigenvalue weighted by Crippen LogP contribution is -2.50. The third-order valence-electron chi connectivity index (χ3n) is 13.9. The van der Waals surface area contributed by atoms with Crippen molar-refractivity contribution in [1.29, 1.82) is 0 Å². The smallest absolute Gasteiger partial charge is 0.220 e. The molecule has 0 aromatic carbocycles. The maximum Gasteiger partial charge on any atom is 0.220 e. The van der Waals surface area contributed by atoms with E-state index in [1.54, 1.807) is 0 Å². The second-order valence-corrected chi connectivity index (χ2v) is 20.2. The Hall–Kier alpha value is -0.910. The Morgan fingerprint density at radius 3 is 0.921 bits per heavy atom. The molecule has 0 aliphatic carbocycles. The maximum absolute atomic E-state index is 12.5. The molecule has 0 radical (unpaired) electrons. The molecule has 3 unspecified atom stereocenters. The third kappa shape index (κ3) is 48.8. The lowest BCUT2D eigenvalue weighted by molar-refractivity contribution is -0.124. The topological polar surface area (TPSA) is 89.8 Å². The van der Waals surface area contributed by atoms with Gasteiger partial charge in [0.1, 0.15) is 6.10 Å². The van der Waals surface area contributed by atoms with Crippen molar-refractivity contribution in [2.75, 3.05) is 6.61 Å². The molecule has 5 nitrogen and oxygen atoms in total. The van der Waals surface area contributed by atoms with Gasteiger partial charge in [-0.15, -0.1) is 0 Å². The van der Waals surface area contributed by atoms with E-state index in [-0.39, 0.29) is 12.5 Å². The summed E-state index contributed by atoms with van der Waals surface area (Å²) in [4.78, 5) is 12.5. The second-order valence-electron chi connectivity index (χ2n) is 20.2. The van der Waals surface area contributed by atoms with Crippen LogP contribution in [0.5, 0.6) is 0 Å². The number of unbranched alkanes of at least 4 members (excludes halogenated alkanes) is 44. The van der Waals surface area contributed by atoms with Crippen LogP contribution in [0.1, 0.15) is 328 Å². The van der Waals surface area contributed by atoms with Crippen molar-refractivity contribution in [2.24, 2.45) is 0 Å². The molecule has 1 amide bonds. The molecule has 0 aliphatic heterocycles. The van der Waals surface area contributed by atoms with E-state index in [4.69, 9.17) is 0 Å². The predicted octanol–water partition coefficient (Wildman–Crippen LogP) is 17.9. The Balaban J connectivity index is 3.46. The molecular formula is C58H115NO4. The van der Waals surface area contributed by atoms with Crippen molar-refractivity contribution in [3.8, 4) is 0 Å². The molecule has 3 atom stereocenters. The van der Waals surface area contributed by atoms with Crippen LogP contribution in [0.15, 0.2) is 12.2 Å². The number of allylic oxidation sites excluding steroid dienone is 2. The van der Waals surface area contributed by atoms with Gasteiger partial charge < -0.3 is 20.6 Å². The first kappa shape index (κ1) is 62.1. The van der Waals surface area contributed by atoms with Gasteiger partial charge in [-0.1, -0.05) is 296 Å². The van der Waals surface area contributed by atoms with Gasteiger partial charge in [0.15, 0.2) is 0 Å². The summed E-state index contributed by atoms with van der Waals surface area (Å²) < 4.78 is 0. The highest BCUT2D eigenvalue weighted by Gasteiger charge is 2.26. The van der Waals surface area contributed by atoms with Crippen LogP contribution in [-0.2, 0) is 4.79 Å². The minimum atomic E-state index is -1.16. The highest BCUT2D eigenvalue weighted by atomic mass is 16.3. The van der Waals surface area contributed by atoms with E-state index in [1.165, 1.54) is 263 Å². The number of carbonyl (C=O) groups excluding carboxylic acids is 1. The molecule has 0 rings (SSSR count). The number of aliphatic hydroxyl groups excluding tert-OH is 3. The molecule has 0 aromatic rings. The van der Waals surface area contributed by atoms with Gasteiger partial charge in [-0.2, -0.15) is 0 Å². The predicted molar refractivity (Wildman–Crippen MR) is 278 cm³/mol. The van der Waals surface area contributed by atoms with E-state index >= 15 is 0 Å². The van der Waals surface area contributed by atoms with E-state index in [9.17, 15) is 20.1 Å². The van der Waals surface area contributed by atoms with Gasteiger partial charge in [0.25, 0.3) is 0 Å². The molecule has 5 heteroatoms. The summed E-state index contributed by atoms with van der Waals surface area (Å²) in [5.74, 6) is -0.147. The Kier molecular flexibility index (Phi) is 52.9. The molecule has 63 heavy (non-hydrogen) atoms. The highest BCUT2D eigenvalue weighted by molar-refractivity contribution is 5.76. The largest absolute Gasteiger partial charge is 0.394 e. The van der Waals surface area contributed by atoms with Crippen molar-refractivity contribution < 1.29 is 20.1 Å². The van der Waals surface area contributed by atoms with E-state index < -0.39 is 18.2 Å². The van der Waals surface area contributed by atoms with Gasteiger partial charge in [-0.3, -0.25) is 4.79 Å². The Morgan fingerprint density at radius 1 is 0.381 bits per heavy atom. The summed E-state index contributed by atoms with van der Waals surface area (Å²) in [5.41, 5.74) is 0. The van der Waals surface area contributed by atoms with Crippen LogP contribution in [0.4, 0.5) is 0 Å². The van der Waals surface area contributed by atoms with Gasteiger partial charge >= 0.3 is 0 Å². The zero-order valence-electron chi connectivity index (χ0n) is 43.0. The molecule has 0 saturated heterocycles. The minimum absolute atomic E-state index is 0.147. The molecule has 0 heterocycles. The lowest BCUT2D eigenvalue weighted by Gasteiger charge is -2.26. The number of hydrogen-bond acceptors (Lipinski definition) is 4. The van der Waals surface area contributed by atoms with Crippen LogP contribution in [0, 0.1) is 0 Å². The number of carbonyl (C=O) groups is 1. The Bertz CT molecular complexity index is 894. The van der Waals surface area contributed by atoms with Crippen molar-refractivity contribution in [3.05, 3.63) is 12.2 Å². The molecule has 0 aliphatic rings. The van der Waals surface area contributed by atoms with E-state index in [0.29, 0.717) is 12.8 Å². The van der Waals surface area contributed by atoms with Crippen LogP contribution in [0.2, 0.25) is 0 Å². The Morgan fingerprint density at radius 2 is 0.635 bits per heavy atom. The molecule has 0 fully saturated rings. The fourth-order valence-corrected chi connectivity index (χ4v) is 9.40. The zero-order valence-corrected chi connectivity index (χ0v) is 43.0. The van der Waals surface area contributed by atoms with Gasteiger partial charge in [0.2, 0.25) is 5.91 Å². The summed E-state index contributed by atoms with van der Waals surface area (Å²) in [5, 5.41) is 33.7. The minimum Gasteiger partial charge on any atom is -0.394 e. The summed E-state index contributed by atoms with van der Waals surface area (Å²) in [6.45, 7) is 4.20. The standard InChI is InChI=1S/C58H115NO4/c1-3-5-7-9-11-13-15-17-19-21-22-23-24-25-26-27-28-29-30-31-32-33-34-35-36-37-39-41-43-45-47-49-51-53-57(62)59-55(54-60)58(63)56(61)52-50-48-46-44-42-40-38-20-18-16-14-12-10-8-6-4-2/h44,46,55-56,58,60-61,63H,3-43,45,47-54H2,1-2H3,(H,59,62)/b46-44+. The molecular weight excluding hydrogens is 775 g/mol. The molecule has 0 spiro atoms. The quantitative estimate of drug-likeness (QED) is 0.0362. The van der Waals surface area contributed by atoms with Gasteiger partial charge in [-0.25, -0.2) is 0 Å². The lowest BCUT2D eigenvalue weighted by atomic mass is 10.0. The number of rotatable bonds is 54. The van der Waals surface area contributed by atoms with Crippen LogP contribution >= 0.6 is 0 Å². The van der Waals surface area contributed by atoms with E-state index in [2.05, 4.69) is 31.3 Å². The molecule has 0 aromatic heterocycles. The first-order valence-corrected chi connectivity index (χ1v) is 29.0. The van der Waals surface area contributed by atoms with E-state index in [0.717, 1.165) is 38.5 Å². The first-order valence-electron chi connectivity index (χ1n) is 29.0. The molecule has 0 bridgehead atoms. The van der Waals surface area contributed by atoms with Gasteiger partial charge in [-0.05, 0) is 38.5 Å². The van der Waals surface area contributed by atoms with Crippen molar-refractivity contribution in [1.82, 2.24) is 5.32 Å². The fraction of sp³-hybridized carbons (Fsp3) is 0.948. The van der Waals surface area contributed by atoms with Crippen LogP contribution in [0.3, 0.4) is 0 Å². The number of aliphatic hydroxyl groups is 3. The van der Waals surface area contributed by atoms with Gasteiger partial charge in [0.05, 0.1) is 18.8 Å². The summed E-state index contributed by atoms with van der Waals surface area (Å²) in [7, 11) is 0. The molecule has 4 N–H and O–H groups in total. The number of hydrogen-bond donors (Lipinski definition) is 4. The third-order valence-corrected chi connectivity index (χ3v) is 13.9. The summed E-state index contributed by atoms with van der Waals surface area (Å²) >= 11 is 0. The zero-order chi connectivity index (χ0) is 45.8. The summed E-state index contributed by atoms with van der Waals surface area (Å²) in [6.07, 6.45) is 66.7. The first-order chi connectivity index (χ1) is 31.1. The van der Waals surface area contributed by atoms with Crippen molar-refractivity contribution in [3.63, 3.8) is 0 Å². The van der Waals surface area contributed by atoms with E-state index in [1.807, 2.05) is 0 Å². The number of amides is 1. The van der Waals surface area contributed by atoms with Crippen LogP contribution in [0.25, 0.3) is 0 Å². The normalized spacial score (nSPS) is 13.3. The second kappa shape index (κ2) is 53.7. The van der Waals surface area contributed by atoms with Gasteiger partial charge in [0, 0.05) is 6.42 Å². The SMILES string of the molecule is CCCCCCCCCCCCC/C=C/CCCC(O)C(O)C(CO)NC(=O)CCCCCCCCCCCCCCCCCCCCCCCCCCCCCCCCCCC. The summed E-state index contributed by atoms with van der Waals surface area (Å²) in [6, 6.07) is -0.822. The number of nitrogens with one attached hydrogen (secondary N) is 1. The highest BCUT2D eigenvalue weighted by Crippen LogP contribution is 2.18. The van der Waals surface area contributed by atoms with Crippen LogP contribution in [-0.4, -0.2) is 46.1 Å². The Labute approximate surface area is 395 Å². The average Bonchev–Trinajstić information content (AvgIpc) is 3.29. The average molecular weight is 891 g/mol. The van der Waals surface area contributed by atoms with Crippen molar-refractivity contribution in [2.45, 2.75) is 347 Å².